The number of rotatable bonds is 5. The number of amides is 2. The number of carbonyl (C=O) groups excluding carboxylic acids is 2. The normalized spacial score (nSPS) is 15.2. The number of nitro groups is 1. The average Bonchev–Trinajstić information content (AvgIpc) is 3.29. The first-order valence-corrected chi connectivity index (χ1v) is 10.8. The van der Waals surface area contributed by atoms with Gasteiger partial charge in [-0.3, -0.25) is 24.6 Å². The fraction of sp³-hybridized carbons (Fsp3) is 0.0909. The van der Waals surface area contributed by atoms with Gasteiger partial charge < -0.3 is 4.42 Å². The van der Waals surface area contributed by atoms with E-state index in [2.05, 4.69) is 15.9 Å². The number of thioether (sulfide) groups is 1. The zero-order valence-corrected chi connectivity index (χ0v) is 18.6. The molecule has 1 saturated heterocycles. The fourth-order valence-corrected chi connectivity index (χ4v) is 4.20. The van der Waals surface area contributed by atoms with Crippen molar-refractivity contribution < 1.29 is 18.9 Å². The Balaban J connectivity index is 1.57. The fourth-order valence-electron chi connectivity index (χ4n) is 3.11. The number of nitro benzene ring substituents is 1. The van der Waals surface area contributed by atoms with Gasteiger partial charge in [-0.2, -0.15) is 0 Å². The summed E-state index contributed by atoms with van der Waals surface area (Å²) in [6.45, 7) is 1.95. The van der Waals surface area contributed by atoms with E-state index in [0.717, 1.165) is 27.4 Å². The van der Waals surface area contributed by atoms with Crippen LogP contribution in [0.3, 0.4) is 0 Å². The highest BCUT2D eigenvalue weighted by Crippen LogP contribution is 2.36. The minimum Gasteiger partial charge on any atom is -0.456 e. The van der Waals surface area contributed by atoms with Crippen LogP contribution in [0.1, 0.15) is 16.9 Å². The lowest BCUT2D eigenvalue weighted by atomic mass is 10.1. The predicted octanol–water partition coefficient (Wildman–Crippen LogP) is 6.16. The van der Waals surface area contributed by atoms with Gasteiger partial charge in [-0.25, -0.2) is 0 Å². The molecule has 1 aliphatic heterocycles. The molecule has 1 aromatic heterocycles. The zero-order chi connectivity index (χ0) is 22.1. The molecule has 4 rings (SSSR count). The van der Waals surface area contributed by atoms with Gasteiger partial charge in [0.2, 0.25) is 0 Å². The second-order valence-corrected chi connectivity index (χ2v) is 8.78. The van der Waals surface area contributed by atoms with Gasteiger partial charge in [0.15, 0.2) is 0 Å². The van der Waals surface area contributed by atoms with Gasteiger partial charge in [0.25, 0.3) is 16.8 Å². The number of halogens is 1. The molecule has 1 aliphatic rings. The predicted molar refractivity (Wildman–Crippen MR) is 121 cm³/mol. The Morgan fingerprint density at radius 1 is 1.13 bits per heavy atom. The molecule has 9 heteroatoms. The largest absolute Gasteiger partial charge is 0.456 e. The molecule has 7 nitrogen and oxygen atoms in total. The first-order chi connectivity index (χ1) is 14.8. The molecular weight excluding hydrogens is 484 g/mol. The molecular formula is C22H15BrN2O5S. The summed E-state index contributed by atoms with van der Waals surface area (Å²) in [6, 6.07) is 15.5. The van der Waals surface area contributed by atoms with E-state index in [4.69, 9.17) is 4.42 Å². The Morgan fingerprint density at radius 3 is 2.58 bits per heavy atom. The maximum absolute atomic E-state index is 12.7. The van der Waals surface area contributed by atoms with E-state index in [0.29, 0.717) is 17.1 Å². The molecule has 2 aromatic carbocycles. The Morgan fingerprint density at radius 2 is 1.87 bits per heavy atom. The molecule has 0 unspecified atom stereocenters. The first kappa shape index (κ1) is 21.1. The molecule has 31 heavy (non-hydrogen) atoms. The lowest BCUT2D eigenvalue weighted by Crippen LogP contribution is -2.27. The van der Waals surface area contributed by atoms with E-state index in [1.54, 1.807) is 31.2 Å². The zero-order valence-electron chi connectivity index (χ0n) is 16.2. The number of aryl methyl sites for hydroxylation is 1. The summed E-state index contributed by atoms with van der Waals surface area (Å²) >= 11 is 4.19. The molecule has 1 fully saturated rings. The summed E-state index contributed by atoms with van der Waals surface area (Å²) in [4.78, 5) is 37.4. The van der Waals surface area contributed by atoms with Crippen molar-refractivity contribution in [2.24, 2.45) is 0 Å². The van der Waals surface area contributed by atoms with Crippen LogP contribution in [0.2, 0.25) is 0 Å². The second-order valence-electron chi connectivity index (χ2n) is 6.87. The van der Waals surface area contributed by atoms with E-state index in [-0.39, 0.29) is 22.4 Å². The quantitative estimate of drug-likeness (QED) is 0.237. The number of hydrogen-bond acceptors (Lipinski definition) is 6. The van der Waals surface area contributed by atoms with E-state index in [1.807, 2.05) is 24.3 Å². The lowest BCUT2D eigenvalue weighted by molar-refractivity contribution is -0.384. The van der Waals surface area contributed by atoms with Gasteiger partial charge in [0.1, 0.15) is 11.5 Å². The van der Waals surface area contributed by atoms with Crippen molar-refractivity contribution in [1.29, 1.82) is 0 Å². The summed E-state index contributed by atoms with van der Waals surface area (Å²) in [6.07, 6.45) is 1.48. The molecule has 0 spiro atoms. The van der Waals surface area contributed by atoms with E-state index in [9.17, 15) is 19.7 Å². The van der Waals surface area contributed by atoms with Gasteiger partial charge >= 0.3 is 0 Å². The lowest BCUT2D eigenvalue weighted by Gasteiger charge is -2.12. The van der Waals surface area contributed by atoms with E-state index < -0.39 is 10.8 Å². The number of carbonyl (C=O) groups is 2. The van der Waals surface area contributed by atoms with Crippen molar-refractivity contribution >= 4 is 50.6 Å². The van der Waals surface area contributed by atoms with Crippen molar-refractivity contribution in [1.82, 2.24) is 4.90 Å². The molecule has 0 radical (unpaired) electrons. The standard InChI is InChI=1S/C22H15BrN2O5S/c1-13-2-8-17(18(10-13)25(28)29)19-9-7-16(30-19)11-20-21(26)24(22(27)31-20)12-14-3-5-15(23)6-4-14/h2-11H,12H2,1H3/b20-11+. The Hall–Kier alpha value is -3.17. The van der Waals surface area contributed by atoms with Crippen molar-refractivity contribution in [3.63, 3.8) is 0 Å². The summed E-state index contributed by atoms with van der Waals surface area (Å²) in [5.41, 5.74) is 1.88. The molecule has 0 N–H and O–H groups in total. The summed E-state index contributed by atoms with van der Waals surface area (Å²) in [7, 11) is 0. The molecule has 156 valence electrons. The molecule has 3 aromatic rings. The highest BCUT2D eigenvalue weighted by molar-refractivity contribution is 9.10. The smallest absolute Gasteiger partial charge is 0.293 e. The molecule has 0 saturated carbocycles. The average molecular weight is 499 g/mol. The molecule has 2 amide bonds. The van der Waals surface area contributed by atoms with Crippen molar-refractivity contribution in [2.45, 2.75) is 13.5 Å². The van der Waals surface area contributed by atoms with Crippen LogP contribution in [0.15, 0.2) is 68.4 Å². The molecule has 0 aliphatic carbocycles. The topological polar surface area (TPSA) is 93.7 Å². The Labute approximate surface area is 190 Å². The van der Waals surface area contributed by atoms with E-state index in [1.165, 1.54) is 17.0 Å². The van der Waals surface area contributed by atoms with Crippen LogP contribution in [0.25, 0.3) is 17.4 Å². The van der Waals surface area contributed by atoms with Crippen LogP contribution in [-0.2, 0) is 11.3 Å². The van der Waals surface area contributed by atoms with Crippen LogP contribution in [0.4, 0.5) is 10.5 Å². The van der Waals surface area contributed by atoms with Crippen molar-refractivity contribution in [3.8, 4) is 11.3 Å². The number of nitrogens with zero attached hydrogens (tertiary/aromatic N) is 2. The van der Waals surface area contributed by atoms with Crippen LogP contribution >= 0.6 is 27.7 Å². The summed E-state index contributed by atoms with van der Waals surface area (Å²) in [5.74, 6) is 0.239. The van der Waals surface area contributed by atoms with Gasteiger partial charge in [-0.1, -0.05) is 34.1 Å². The monoisotopic (exact) mass is 498 g/mol. The highest BCUT2D eigenvalue weighted by Gasteiger charge is 2.35. The second kappa shape index (κ2) is 8.52. The minimum absolute atomic E-state index is 0.0595. The Bertz CT molecular complexity index is 1230. The van der Waals surface area contributed by atoms with Gasteiger partial charge in [-0.15, -0.1) is 0 Å². The number of imide groups is 1. The van der Waals surface area contributed by atoms with Crippen molar-refractivity contribution in [2.75, 3.05) is 0 Å². The molecule has 0 bridgehead atoms. The van der Waals surface area contributed by atoms with E-state index >= 15 is 0 Å². The number of hydrogen-bond donors (Lipinski definition) is 0. The molecule has 0 atom stereocenters. The Kier molecular flexibility index (Phi) is 5.79. The third kappa shape index (κ3) is 4.47. The van der Waals surface area contributed by atoms with Crippen LogP contribution in [0, 0.1) is 17.0 Å². The third-order valence-corrected chi connectivity index (χ3v) is 6.08. The first-order valence-electron chi connectivity index (χ1n) is 9.17. The number of furan rings is 1. The van der Waals surface area contributed by atoms with Gasteiger partial charge in [-0.05, 0) is 60.1 Å². The highest BCUT2D eigenvalue weighted by atomic mass is 79.9. The minimum atomic E-state index is -0.460. The summed E-state index contributed by atoms with van der Waals surface area (Å²) < 4.78 is 6.64. The van der Waals surface area contributed by atoms with Gasteiger partial charge in [0.05, 0.1) is 21.9 Å². The van der Waals surface area contributed by atoms with Crippen LogP contribution in [0.5, 0.6) is 0 Å². The third-order valence-electron chi connectivity index (χ3n) is 4.64. The molecule has 2 heterocycles. The maximum Gasteiger partial charge on any atom is 0.293 e. The van der Waals surface area contributed by atoms with Gasteiger partial charge in [0, 0.05) is 16.6 Å². The summed E-state index contributed by atoms with van der Waals surface area (Å²) in [5, 5.41) is 11.0. The SMILES string of the molecule is Cc1ccc(-c2ccc(/C=C3/SC(=O)N(Cc4ccc(Br)cc4)C3=O)o2)c([N+](=O)[O-])c1. The number of benzene rings is 2. The van der Waals surface area contributed by atoms with Crippen LogP contribution < -0.4 is 0 Å². The van der Waals surface area contributed by atoms with Crippen molar-refractivity contribution in [3.05, 3.63) is 91.0 Å². The van der Waals surface area contributed by atoms with Crippen LogP contribution in [-0.4, -0.2) is 21.0 Å². The maximum atomic E-state index is 12.7.